The molecule has 1 aromatic heterocycles. The molecule has 0 aliphatic rings. The number of hydrogen-bond acceptors (Lipinski definition) is 5. The molecule has 0 aliphatic heterocycles. The SMILES string of the molecule is COCCCNC(=O)CCc1nnc(-c2ccc(C)c(Cl)c2)[nH]c1=O. The molecule has 0 radical (unpaired) electrons. The zero-order chi connectivity index (χ0) is 18.2. The molecule has 0 spiro atoms. The van der Waals surface area contributed by atoms with Crippen LogP contribution in [0.3, 0.4) is 0 Å². The van der Waals surface area contributed by atoms with Crippen molar-refractivity contribution in [2.75, 3.05) is 20.3 Å². The molecule has 25 heavy (non-hydrogen) atoms. The number of rotatable bonds is 8. The van der Waals surface area contributed by atoms with Gasteiger partial charge in [0.2, 0.25) is 5.91 Å². The third kappa shape index (κ3) is 5.65. The van der Waals surface area contributed by atoms with Crippen molar-refractivity contribution in [3.8, 4) is 11.4 Å². The van der Waals surface area contributed by atoms with E-state index in [1.54, 1.807) is 13.2 Å². The molecule has 0 unspecified atom stereocenters. The predicted molar refractivity (Wildman–Crippen MR) is 95.7 cm³/mol. The van der Waals surface area contributed by atoms with E-state index in [-0.39, 0.29) is 30.0 Å². The Kier molecular flexibility index (Phi) is 7.09. The summed E-state index contributed by atoms with van der Waals surface area (Å²) < 4.78 is 4.91. The number of carbonyl (C=O) groups excluding carboxylic acids is 1. The van der Waals surface area contributed by atoms with Gasteiger partial charge in [0.05, 0.1) is 0 Å². The lowest BCUT2D eigenvalue weighted by atomic mass is 10.1. The minimum atomic E-state index is -0.353. The maximum Gasteiger partial charge on any atom is 0.273 e. The third-order valence-electron chi connectivity index (χ3n) is 3.65. The second-order valence-electron chi connectivity index (χ2n) is 5.61. The van der Waals surface area contributed by atoms with Gasteiger partial charge in [-0.15, -0.1) is 10.2 Å². The van der Waals surface area contributed by atoms with E-state index in [0.717, 1.165) is 12.0 Å². The summed E-state index contributed by atoms with van der Waals surface area (Å²) in [6.45, 7) is 3.03. The van der Waals surface area contributed by atoms with E-state index in [4.69, 9.17) is 16.3 Å². The second kappa shape index (κ2) is 9.29. The summed E-state index contributed by atoms with van der Waals surface area (Å²) in [5.74, 6) is 0.214. The minimum absolute atomic E-state index is 0.133. The van der Waals surface area contributed by atoms with Crippen molar-refractivity contribution in [1.29, 1.82) is 0 Å². The van der Waals surface area contributed by atoms with Crippen molar-refractivity contribution in [2.45, 2.75) is 26.2 Å². The lowest BCUT2D eigenvalue weighted by Crippen LogP contribution is -2.27. The number of carbonyl (C=O) groups is 1. The zero-order valence-electron chi connectivity index (χ0n) is 14.3. The number of H-pyrrole nitrogens is 1. The molecule has 0 saturated carbocycles. The smallest absolute Gasteiger partial charge is 0.273 e. The number of aryl methyl sites for hydroxylation is 2. The van der Waals surface area contributed by atoms with Gasteiger partial charge in [0, 0.05) is 43.7 Å². The van der Waals surface area contributed by atoms with E-state index in [9.17, 15) is 9.59 Å². The third-order valence-corrected chi connectivity index (χ3v) is 4.05. The molecule has 0 aliphatic carbocycles. The monoisotopic (exact) mass is 364 g/mol. The average molecular weight is 365 g/mol. The summed E-state index contributed by atoms with van der Waals surface area (Å²) in [6.07, 6.45) is 1.16. The van der Waals surface area contributed by atoms with Crippen LogP contribution in [0.4, 0.5) is 0 Å². The fraction of sp³-hybridized carbons (Fsp3) is 0.412. The fourth-order valence-electron chi connectivity index (χ4n) is 2.16. The molecule has 1 amide bonds. The Labute approximate surface area is 150 Å². The van der Waals surface area contributed by atoms with Gasteiger partial charge in [-0.2, -0.15) is 0 Å². The normalized spacial score (nSPS) is 10.7. The van der Waals surface area contributed by atoms with Gasteiger partial charge in [-0.3, -0.25) is 9.59 Å². The van der Waals surface area contributed by atoms with E-state index >= 15 is 0 Å². The number of amides is 1. The first-order valence-corrected chi connectivity index (χ1v) is 8.37. The Morgan fingerprint density at radius 3 is 2.84 bits per heavy atom. The van der Waals surface area contributed by atoms with Crippen LogP contribution in [0.2, 0.25) is 5.02 Å². The summed E-state index contributed by atoms with van der Waals surface area (Å²) >= 11 is 6.09. The second-order valence-corrected chi connectivity index (χ2v) is 6.02. The number of aromatic nitrogens is 3. The molecule has 0 saturated heterocycles. The van der Waals surface area contributed by atoms with Gasteiger partial charge in [0.25, 0.3) is 5.56 Å². The Hall–Kier alpha value is -2.25. The van der Waals surface area contributed by atoms with Gasteiger partial charge in [-0.1, -0.05) is 23.7 Å². The molecular formula is C17H21ClN4O3. The topological polar surface area (TPSA) is 97.0 Å². The van der Waals surface area contributed by atoms with Crippen molar-refractivity contribution in [3.63, 3.8) is 0 Å². The first-order chi connectivity index (χ1) is 12.0. The predicted octanol–water partition coefficient (Wildman–Crippen LogP) is 1.88. The Balaban J connectivity index is 1.96. The Morgan fingerprint density at radius 1 is 1.36 bits per heavy atom. The minimum Gasteiger partial charge on any atom is -0.385 e. The molecule has 0 bridgehead atoms. The van der Waals surface area contributed by atoms with Crippen molar-refractivity contribution in [1.82, 2.24) is 20.5 Å². The first-order valence-electron chi connectivity index (χ1n) is 7.99. The number of ether oxygens (including phenoxy) is 1. The average Bonchev–Trinajstić information content (AvgIpc) is 2.60. The molecular weight excluding hydrogens is 344 g/mol. The van der Waals surface area contributed by atoms with Crippen LogP contribution in [0.5, 0.6) is 0 Å². The summed E-state index contributed by atoms with van der Waals surface area (Å²) in [6, 6.07) is 5.39. The molecule has 2 aromatic rings. The molecule has 0 fully saturated rings. The number of aromatic amines is 1. The van der Waals surface area contributed by atoms with Crippen LogP contribution in [0.1, 0.15) is 24.1 Å². The number of hydrogen-bond donors (Lipinski definition) is 2. The highest BCUT2D eigenvalue weighted by Gasteiger charge is 2.10. The van der Waals surface area contributed by atoms with E-state index in [1.165, 1.54) is 0 Å². The molecule has 1 aromatic carbocycles. The maximum atomic E-state index is 12.1. The van der Waals surface area contributed by atoms with Crippen LogP contribution in [0.25, 0.3) is 11.4 Å². The molecule has 134 valence electrons. The van der Waals surface area contributed by atoms with Crippen molar-refractivity contribution < 1.29 is 9.53 Å². The Morgan fingerprint density at radius 2 is 2.16 bits per heavy atom. The highest BCUT2D eigenvalue weighted by molar-refractivity contribution is 6.31. The van der Waals surface area contributed by atoms with E-state index in [2.05, 4.69) is 20.5 Å². The van der Waals surface area contributed by atoms with Crippen molar-refractivity contribution >= 4 is 17.5 Å². The Bertz CT molecular complexity index is 792. The number of nitrogens with zero attached hydrogens (tertiary/aromatic N) is 2. The largest absolute Gasteiger partial charge is 0.385 e. The van der Waals surface area contributed by atoms with Gasteiger partial charge < -0.3 is 15.0 Å². The maximum absolute atomic E-state index is 12.1. The molecule has 8 heteroatoms. The van der Waals surface area contributed by atoms with E-state index < -0.39 is 0 Å². The van der Waals surface area contributed by atoms with Gasteiger partial charge >= 0.3 is 0 Å². The molecule has 2 rings (SSSR count). The first kappa shape index (κ1) is 19.1. The number of benzene rings is 1. The standard InChI is InChI=1S/C17H21ClN4O3/c1-11-4-5-12(10-13(11)18)16-20-17(24)14(21-22-16)6-7-15(23)19-8-3-9-25-2/h4-5,10H,3,6-9H2,1-2H3,(H,19,23)(H,20,22,24). The molecule has 0 atom stereocenters. The van der Waals surface area contributed by atoms with E-state index in [1.807, 2.05) is 19.1 Å². The van der Waals surface area contributed by atoms with Crippen LogP contribution >= 0.6 is 11.6 Å². The summed E-state index contributed by atoms with van der Waals surface area (Å²) in [4.78, 5) is 26.5. The van der Waals surface area contributed by atoms with Gasteiger partial charge in [-0.25, -0.2) is 0 Å². The van der Waals surface area contributed by atoms with E-state index in [0.29, 0.717) is 29.6 Å². The number of nitrogens with one attached hydrogen (secondary N) is 2. The lowest BCUT2D eigenvalue weighted by Gasteiger charge is -2.05. The van der Waals surface area contributed by atoms with Gasteiger partial charge in [-0.05, 0) is 25.0 Å². The van der Waals surface area contributed by atoms with Crippen molar-refractivity contribution in [3.05, 3.63) is 44.8 Å². The van der Waals surface area contributed by atoms with Crippen molar-refractivity contribution in [2.24, 2.45) is 0 Å². The summed E-state index contributed by atoms with van der Waals surface area (Å²) in [5.41, 5.74) is 1.50. The lowest BCUT2D eigenvalue weighted by molar-refractivity contribution is -0.121. The van der Waals surface area contributed by atoms with Crippen LogP contribution in [0, 0.1) is 6.92 Å². The highest BCUT2D eigenvalue weighted by Crippen LogP contribution is 2.21. The number of methoxy groups -OCH3 is 1. The quantitative estimate of drug-likeness (QED) is 0.697. The fourth-order valence-corrected chi connectivity index (χ4v) is 2.34. The van der Waals surface area contributed by atoms with Crippen LogP contribution < -0.4 is 10.9 Å². The van der Waals surface area contributed by atoms with Crippen LogP contribution in [0.15, 0.2) is 23.0 Å². The van der Waals surface area contributed by atoms with Gasteiger partial charge in [0.15, 0.2) is 5.82 Å². The molecule has 7 nitrogen and oxygen atoms in total. The zero-order valence-corrected chi connectivity index (χ0v) is 15.0. The summed E-state index contributed by atoms with van der Waals surface area (Å²) in [7, 11) is 1.61. The van der Waals surface area contributed by atoms with Gasteiger partial charge in [0.1, 0.15) is 5.69 Å². The molecule has 2 N–H and O–H groups in total. The number of halogens is 1. The van der Waals surface area contributed by atoms with Crippen LogP contribution in [-0.4, -0.2) is 41.3 Å². The van der Waals surface area contributed by atoms with Crippen LogP contribution in [-0.2, 0) is 16.0 Å². The summed E-state index contributed by atoms with van der Waals surface area (Å²) in [5, 5.41) is 11.3. The highest BCUT2D eigenvalue weighted by atomic mass is 35.5. The molecule has 1 heterocycles.